The van der Waals surface area contributed by atoms with Crippen molar-refractivity contribution in [3.63, 3.8) is 0 Å². The highest BCUT2D eigenvalue weighted by Crippen LogP contribution is 2.30. The summed E-state index contributed by atoms with van der Waals surface area (Å²) in [5.41, 5.74) is 1.83. The third-order valence-corrected chi connectivity index (χ3v) is 3.81. The largest absolute Gasteiger partial charge is 0.497 e. The number of anilines is 2. The van der Waals surface area contributed by atoms with Crippen LogP contribution in [0, 0.1) is 0 Å². The molecule has 0 atom stereocenters. The molecule has 0 aliphatic carbocycles. The summed E-state index contributed by atoms with van der Waals surface area (Å²) in [6.07, 6.45) is 1.73. The fourth-order valence-corrected chi connectivity index (χ4v) is 2.81. The third-order valence-electron chi connectivity index (χ3n) is 2.88. The fraction of sp³-hybridized carbons (Fsp3) is 0.200. The monoisotopic (exact) mass is 301 g/mol. The maximum Gasteiger partial charge on any atom is 0.213 e. The molecule has 0 fully saturated rings. The topological polar surface area (TPSA) is 56.3 Å². The van der Waals surface area contributed by atoms with E-state index in [0.29, 0.717) is 12.5 Å². The maximum atomic E-state index is 5.32. The minimum absolute atomic E-state index is 0.611. The van der Waals surface area contributed by atoms with Crippen LogP contribution in [0.15, 0.2) is 36.5 Å². The quantitative estimate of drug-likeness (QED) is 0.776. The summed E-state index contributed by atoms with van der Waals surface area (Å²) in [7, 11) is 1.66. The number of hydrogen-bond acceptors (Lipinski definition) is 6. The number of nitrogens with one attached hydrogen (secondary N) is 1. The van der Waals surface area contributed by atoms with Gasteiger partial charge in [0.1, 0.15) is 5.75 Å². The zero-order chi connectivity index (χ0) is 14.7. The lowest BCUT2D eigenvalue weighted by Crippen LogP contribution is -1.95. The first-order chi connectivity index (χ1) is 10.3. The number of nitrogens with zero attached hydrogens (tertiary/aromatic N) is 2. The van der Waals surface area contributed by atoms with E-state index in [-0.39, 0.29) is 0 Å². The Morgan fingerprint density at radius 3 is 2.86 bits per heavy atom. The van der Waals surface area contributed by atoms with Crippen molar-refractivity contribution in [2.24, 2.45) is 0 Å². The Balaban J connectivity index is 1.80. The fourth-order valence-electron chi connectivity index (χ4n) is 1.90. The van der Waals surface area contributed by atoms with Crippen molar-refractivity contribution in [3.05, 3.63) is 36.5 Å². The highest BCUT2D eigenvalue weighted by molar-refractivity contribution is 7.22. The first-order valence-electron chi connectivity index (χ1n) is 6.59. The molecule has 1 N–H and O–H groups in total. The molecule has 6 heteroatoms. The van der Waals surface area contributed by atoms with Crippen LogP contribution in [0.3, 0.4) is 0 Å². The van der Waals surface area contributed by atoms with Gasteiger partial charge in [-0.3, -0.25) is 0 Å². The number of methoxy groups -OCH3 is 1. The van der Waals surface area contributed by atoms with Crippen LogP contribution in [0.1, 0.15) is 6.92 Å². The zero-order valence-corrected chi connectivity index (χ0v) is 12.6. The summed E-state index contributed by atoms with van der Waals surface area (Å²) in [6, 6.07) is 9.60. The molecule has 0 radical (unpaired) electrons. The van der Waals surface area contributed by atoms with Gasteiger partial charge in [0.15, 0.2) is 5.13 Å². The second kappa shape index (κ2) is 5.97. The second-order valence-corrected chi connectivity index (χ2v) is 5.33. The van der Waals surface area contributed by atoms with Gasteiger partial charge in [-0.15, -0.1) is 0 Å². The van der Waals surface area contributed by atoms with Gasteiger partial charge in [0.25, 0.3) is 0 Å². The lowest BCUT2D eigenvalue weighted by molar-refractivity contribution is 0.327. The Hall–Kier alpha value is -2.34. The molecular formula is C15H15N3O2S. The van der Waals surface area contributed by atoms with Gasteiger partial charge in [-0.1, -0.05) is 11.3 Å². The second-order valence-electron chi connectivity index (χ2n) is 4.30. The minimum Gasteiger partial charge on any atom is -0.497 e. The molecule has 0 aliphatic heterocycles. The molecule has 3 rings (SSSR count). The Morgan fingerprint density at radius 1 is 1.24 bits per heavy atom. The third kappa shape index (κ3) is 3.05. The van der Waals surface area contributed by atoms with E-state index in [2.05, 4.69) is 15.3 Å². The van der Waals surface area contributed by atoms with Crippen LogP contribution >= 0.6 is 11.3 Å². The molecule has 0 unspecified atom stereocenters. The van der Waals surface area contributed by atoms with Crippen molar-refractivity contribution < 1.29 is 9.47 Å². The van der Waals surface area contributed by atoms with Crippen LogP contribution in [-0.4, -0.2) is 23.7 Å². The summed E-state index contributed by atoms with van der Waals surface area (Å²) in [5.74, 6) is 1.46. The van der Waals surface area contributed by atoms with Crippen LogP contribution in [0.25, 0.3) is 10.2 Å². The Kier molecular flexibility index (Phi) is 3.87. The van der Waals surface area contributed by atoms with Crippen molar-refractivity contribution in [1.29, 1.82) is 0 Å². The minimum atomic E-state index is 0.611. The Morgan fingerprint density at radius 2 is 2.14 bits per heavy atom. The van der Waals surface area contributed by atoms with Gasteiger partial charge in [0, 0.05) is 6.07 Å². The molecule has 108 valence electrons. The predicted octanol–water partition coefficient (Wildman–Crippen LogP) is 3.84. The van der Waals surface area contributed by atoms with E-state index < -0.39 is 0 Å². The zero-order valence-electron chi connectivity index (χ0n) is 11.8. The highest BCUT2D eigenvalue weighted by Gasteiger charge is 2.06. The summed E-state index contributed by atoms with van der Waals surface area (Å²) >= 11 is 1.57. The highest BCUT2D eigenvalue weighted by atomic mass is 32.1. The molecule has 3 aromatic rings. The van der Waals surface area contributed by atoms with E-state index in [1.807, 2.05) is 37.3 Å². The molecule has 0 bridgehead atoms. The predicted molar refractivity (Wildman–Crippen MR) is 84.9 cm³/mol. The van der Waals surface area contributed by atoms with Gasteiger partial charge in [-0.2, -0.15) is 0 Å². The molecular weight excluding hydrogens is 286 g/mol. The molecule has 5 nitrogen and oxygen atoms in total. The van der Waals surface area contributed by atoms with Gasteiger partial charge >= 0.3 is 0 Å². The van der Waals surface area contributed by atoms with E-state index >= 15 is 0 Å². The molecule has 0 spiro atoms. The van der Waals surface area contributed by atoms with Crippen molar-refractivity contribution in [3.8, 4) is 11.6 Å². The standard InChI is InChI=1S/C15H15N3O2S/c1-3-20-14-7-4-10(9-16-14)17-15-18-12-6-5-11(19-2)8-13(12)21-15/h4-9H,3H2,1-2H3,(H,17,18). The summed E-state index contributed by atoms with van der Waals surface area (Å²) < 4.78 is 11.6. The van der Waals surface area contributed by atoms with Gasteiger partial charge in [0.05, 0.1) is 35.8 Å². The van der Waals surface area contributed by atoms with Gasteiger partial charge in [0.2, 0.25) is 5.88 Å². The van der Waals surface area contributed by atoms with Gasteiger partial charge in [-0.25, -0.2) is 9.97 Å². The van der Waals surface area contributed by atoms with E-state index in [4.69, 9.17) is 9.47 Å². The summed E-state index contributed by atoms with van der Waals surface area (Å²) in [5, 5.41) is 4.07. The summed E-state index contributed by atoms with van der Waals surface area (Å²) in [4.78, 5) is 8.75. The van der Waals surface area contributed by atoms with E-state index in [1.165, 1.54) is 0 Å². The average Bonchev–Trinajstić information content (AvgIpc) is 2.90. The molecule has 0 amide bonds. The van der Waals surface area contributed by atoms with Crippen LogP contribution in [0.5, 0.6) is 11.6 Å². The Labute approximate surface area is 126 Å². The molecule has 2 heterocycles. The van der Waals surface area contributed by atoms with Crippen molar-refractivity contribution >= 4 is 32.4 Å². The first kappa shape index (κ1) is 13.6. The lowest BCUT2D eigenvalue weighted by atomic mass is 10.3. The van der Waals surface area contributed by atoms with Gasteiger partial charge < -0.3 is 14.8 Å². The van der Waals surface area contributed by atoms with Crippen molar-refractivity contribution in [1.82, 2.24) is 9.97 Å². The smallest absolute Gasteiger partial charge is 0.213 e. The molecule has 21 heavy (non-hydrogen) atoms. The number of benzene rings is 1. The number of thiazole rings is 1. The number of rotatable bonds is 5. The molecule has 2 aromatic heterocycles. The van der Waals surface area contributed by atoms with Crippen LogP contribution < -0.4 is 14.8 Å². The van der Waals surface area contributed by atoms with Crippen LogP contribution in [0.2, 0.25) is 0 Å². The normalized spacial score (nSPS) is 10.6. The molecule has 1 aromatic carbocycles. The van der Waals surface area contributed by atoms with E-state index in [1.54, 1.807) is 24.6 Å². The Bertz CT molecular complexity index is 740. The molecule has 0 saturated carbocycles. The summed E-state index contributed by atoms with van der Waals surface area (Å²) in [6.45, 7) is 2.54. The van der Waals surface area contributed by atoms with E-state index in [9.17, 15) is 0 Å². The number of pyridine rings is 1. The average molecular weight is 301 g/mol. The lowest BCUT2D eigenvalue weighted by Gasteiger charge is -2.04. The molecule has 0 saturated heterocycles. The number of ether oxygens (including phenoxy) is 2. The van der Waals surface area contributed by atoms with Crippen LogP contribution in [-0.2, 0) is 0 Å². The maximum absolute atomic E-state index is 5.32. The number of fused-ring (bicyclic) bond motifs is 1. The number of hydrogen-bond donors (Lipinski definition) is 1. The SMILES string of the molecule is CCOc1ccc(Nc2nc3ccc(OC)cc3s2)cn1. The van der Waals surface area contributed by atoms with Crippen LogP contribution in [0.4, 0.5) is 10.8 Å². The van der Waals surface area contributed by atoms with Crippen molar-refractivity contribution in [2.45, 2.75) is 6.92 Å². The van der Waals surface area contributed by atoms with E-state index in [0.717, 1.165) is 26.8 Å². The van der Waals surface area contributed by atoms with Crippen molar-refractivity contribution in [2.75, 3.05) is 19.0 Å². The molecule has 0 aliphatic rings. The number of aromatic nitrogens is 2. The first-order valence-corrected chi connectivity index (χ1v) is 7.40. The van der Waals surface area contributed by atoms with Gasteiger partial charge in [-0.05, 0) is 31.2 Å².